The third kappa shape index (κ3) is 5.17. The summed E-state index contributed by atoms with van der Waals surface area (Å²) in [5.41, 5.74) is 7.83. The molecule has 3 amide bonds. The zero-order valence-corrected chi connectivity index (χ0v) is 19.9. The van der Waals surface area contributed by atoms with Crippen LogP contribution in [0.3, 0.4) is 0 Å². The van der Waals surface area contributed by atoms with Gasteiger partial charge in [0.2, 0.25) is 0 Å². The van der Waals surface area contributed by atoms with Crippen molar-refractivity contribution in [3.05, 3.63) is 45.3 Å². The number of benzene rings is 1. The number of likely N-dealkylation sites (N-methyl/N-ethyl adjacent to an activating group) is 1. The van der Waals surface area contributed by atoms with E-state index in [-0.39, 0.29) is 12.4 Å². The average Bonchev–Trinajstić information content (AvgIpc) is 3.03. The Bertz CT molecular complexity index is 959. The molecule has 4 N–H and O–H groups in total. The van der Waals surface area contributed by atoms with Crippen LogP contribution in [0, 0.1) is 5.92 Å². The van der Waals surface area contributed by atoms with E-state index in [0.717, 1.165) is 42.0 Å². The summed E-state index contributed by atoms with van der Waals surface area (Å²) in [7, 11) is 0. The molecule has 2 heterocycles. The first-order valence-corrected chi connectivity index (χ1v) is 11.7. The second-order valence-corrected chi connectivity index (χ2v) is 9.97. The highest BCUT2D eigenvalue weighted by Crippen LogP contribution is 2.41. The third-order valence-electron chi connectivity index (χ3n) is 6.52. The van der Waals surface area contributed by atoms with E-state index in [9.17, 15) is 9.59 Å². The summed E-state index contributed by atoms with van der Waals surface area (Å²) < 4.78 is 1.06. The fraction of sp³-hybridized carbons (Fsp3) is 0.455. The van der Waals surface area contributed by atoms with E-state index >= 15 is 0 Å². The van der Waals surface area contributed by atoms with E-state index < -0.39 is 11.9 Å². The van der Waals surface area contributed by atoms with Gasteiger partial charge in [-0.15, -0.1) is 11.3 Å². The maximum absolute atomic E-state index is 12.5. The van der Waals surface area contributed by atoms with Crippen molar-refractivity contribution < 1.29 is 26.5 Å². The highest BCUT2D eigenvalue weighted by Gasteiger charge is 2.39. The number of nitrogens with one attached hydrogen (secondary N) is 2. The molecule has 1 saturated carbocycles. The standard InChI is InChI=1S/C22H27ClN4O2S.ClH/c1-2-27(12-14-4-3-5-14)11-10-17-18(13-27)30-21(19(17)20(24)28)26-22(29)25-16-8-6-15(23)7-9-16;/h6-9,14H,2-5,10-13H2,1H3,(H3-,24,25,26,28,29);1H. The van der Waals surface area contributed by atoms with E-state index in [1.54, 1.807) is 24.3 Å². The molecule has 1 atom stereocenters. The van der Waals surface area contributed by atoms with Crippen LogP contribution in [0.1, 0.15) is 47.0 Å². The van der Waals surface area contributed by atoms with Crippen LogP contribution in [0.2, 0.25) is 5.02 Å². The first kappa shape index (κ1) is 23.9. The smallest absolute Gasteiger partial charge is 0.324 e. The molecule has 4 rings (SSSR count). The average molecular weight is 483 g/mol. The first-order chi connectivity index (χ1) is 14.4. The molecule has 2 aliphatic rings. The van der Waals surface area contributed by atoms with Crippen LogP contribution in [0.5, 0.6) is 0 Å². The van der Waals surface area contributed by atoms with Crippen molar-refractivity contribution in [3.8, 4) is 0 Å². The number of thiophene rings is 1. The van der Waals surface area contributed by atoms with Gasteiger partial charge in [0.05, 0.1) is 30.1 Å². The predicted octanol–water partition coefficient (Wildman–Crippen LogP) is 1.84. The molecule has 6 nitrogen and oxygen atoms in total. The largest absolute Gasteiger partial charge is 1.00 e. The molecule has 0 bridgehead atoms. The minimum atomic E-state index is -0.482. The monoisotopic (exact) mass is 482 g/mol. The number of nitrogens with zero attached hydrogens (tertiary/aromatic N) is 1. The topological polar surface area (TPSA) is 84.2 Å². The minimum Gasteiger partial charge on any atom is -1.00 e. The van der Waals surface area contributed by atoms with Crippen LogP contribution >= 0.6 is 22.9 Å². The molecule has 9 heteroatoms. The zero-order chi connectivity index (χ0) is 21.3. The Morgan fingerprint density at radius 1 is 1.23 bits per heavy atom. The molecule has 0 radical (unpaired) electrons. The Labute approximate surface area is 198 Å². The molecule has 1 aliphatic heterocycles. The van der Waals surface area contributed by atoms with Crippen molar-refractivity contribution in [1.82, 2.24) is 0 Å². The summed E-state index contributed by atoms with van der Waals surface area (Å²) in [6.45, 7) is 6.48. The lowest BCUT2D eigenvalue weighted by Crippen LogP contribution is -3.00. The highest BCUT2D eigenvalue weighted by atomic mass is 35.5. The number of anilines is 2. The number of hydrogen-bond donors (Lipinski definition) is 3. The van der Waals surface area contributed by atoms with Gasteiger partial charge in [-0.2, -0.15) is 0 Å². The Morgan fingerprint density at radius 2 is 1.94 bits per heavy atom. The van der Waals surface area contributed by atoms with Gasteiger partial charge in [0.1, 0.15) is 11.5 Å². The number of carbonyl (C=O) groups excluding carboxylic acids is 2. The number of nitrogens with two attached hydrogens (primary N) is 1. The van der Waals surface area contributed by atoms with Crippen molar-refractivity contribution in [2.24, 2.45) is 11.7 Å². The van der Waals surface area contributed by atoms with E-state index in [0.29, 0.717) is 21.3 Å². The minimum absolute atomic E-state index is 0. The van der Waals surface area contributed by atoms with Crippen LogP contribution in [0.25, 0.3) is 0 Å². The van der Waals surface area contributed by atoms with E-state index in [2.05, 4.69) is 17.6 Å². The van der Waals surface area contributed by atoms with Crippen LogP contribution in [-0.4, -0.2) is 36.1 Å². The van der Waals surface area contributed by atoms with Crippen molar-refractivity contribution in [2.75, 3.05) is 30.3 Å². The molecule has 1 aromatic heterocycles. The summed E-state index contributed by atoms with van der Waals surface area (Å²) in [6.07, 6.45) is 4.84. The van der Waals surface area contributed by atoms with Gasteiger partial charge < -0.3 is 27.9 Å². The molecule has 1 aromatic carbocycles. The van der Waals surface area contributed by atoms with Crippen LogP contribution < -0.4 is 28.8 Å². The van der Waals surface area contributed by atoms with Gasteiger partial charge in [-0.05, 0) is 49.6 Å². The molecule has 1 fully saturated rings. The van der Waals surface area contributed by atoms with Crippen LogP contribution in [0.4, 0.5) is 15.5 Å². The van der Waals surface area contributed by atoms with Crippen LogP contribution in [0.15, 0.2) is 24.3 Å². The van der Waals surface area contributed by atoms with E-state index in [1.807, 2.05) is 0 Å². The number of halogens is 2. The molecular weight excluding hydrogens is 455 g/mol. The zero-order valence-electron chi connectivity index (χ0n) is 17.5. The normalized spacial score (nSPS) is 20.2. The molecule has 0 spiro atoms. The first-order valence-electron chi connectivity index (χ1n) is 10.5. The second-order valence-electron chi connectivity index (χ2n) is 8.43. The lowest BCUT2D eigenvalue weighted by molar-refractivity contribution is -0.944. The van der Waals surface area contributed by atoms with Crippen LogP contribution in [-0.2, 0) is 13.0 Å². The van der Waals surface area contributed by atoms with Crippen molar-refractivity contribution in [2.45, 2.75) is 39.2 Å². The van der Waals surface area contributed by atoms with Gasteiger partial charge >= 0.3 is 6.03 Å². The Balaban J connectivity index is 0.00000272. The van der Waals surface area contributed by atoms with Gasteiger partial charge in [0.15, 0.2) is 0 Å². The number of rotatable bonds is 6. The lowest BCUT2D eigenvalue weighted by atomic mass is 9.83. The molecule has 1 aliphatic carbocycles. The fourth-order valence-electron chi connectivity index (χ4n) is 4.56. The number of urea groups is 1. The maximum Gasteiger partial charge on any atom is 0.324 e. The summed E-state index contributed by atoms with van der Waals surface area (Å²) in [4.78, 5) is 25.9. The number of amides is 3. The van der Waals surface area contributed by atoms with Crippen molar-refractivity contribution in [1.29, 1.82) is 0 Å². The molecule has 168 valence electrons. The molecule has 0 saturated heterocycles. The number of primary amides is 1. The van der Waals surface area contributed by atoms with Gasteiger partial charge in [-0.1, -0.05) is 18.0 Å². The second kappa shape index (κ2) is 9.77. The number of hydrogen-bond acceptors (Lipinski definition) is 3. The SMILES string of the molecule is CC[N+]1(CC2CCC2)CCc2c(sc(NC(=O)Nc3ccc(Cl)cc3)c2C(N)=O)C1.[Cl-]. The Morgan fingerprint density at radius 3 is 2.52 bits per heavy atom. The van der Waals surface area contributed by atoms with E-state index in [1.165, 1.54) is 42.0 Å². The molecule has 1 unspecified atom stereocenters. The quantitative estimate of drug-likeness (QED) is 0.548. The van der Waals surface area contributed by atoms with Gasteiger partial charge in [0, 0.05) is 23.0 Å². The van der Waals surface area contributed by atoms with Crippen molar-refractivity contribution in [3.63, 3.8) is 0 Å². The third-order valence-corrected chi connectivity index (χ3v) is 7.91. The van der Waals surface area contributed by atoms with E-state index in [4.69, 9.17) is 17.3 Å². The Kier molecular flexibility index (Phi) is 7.52. The fourth-order valence-corrected chi connectivity index (χ4v) is 6.07. The Hall–Kier alpha value is -1.80. The molecular formula is C22H28Cl2N4O2S. The highest BCUT2D eigenvalue weighted by molar-refractivity contribution is 7.17. The number of carbonyl (C=O) groups is 2. The lowest BCUT2D eigenvalue weighted by Gasteiger charge is -2.44. The summed E-state index contributed by atoms with van der Waals surface area (Å²) in [5, 5.41) is 6.76. The van der Waals surface area contributed by atoms with Gasteiger partial charge in [0.25, 0.3) is 5.91 Å². The molecule has 2 aromatic rings. The maximum atomic E-state index is 12.5. The number of quaternary nitrogens is 1. The van der Waals surface area contributed by atoms with Gasteiger partial charge in [-0.25, -0.2) is 4.79 Å². The van der Waals surface area contributed by atoms with Crippen molar-refractivity contribution >= 4 is 45.6 Å². The number of fused-ring (bicyclic) bond motifs is 1. The summed E-state index contributed by atoms with van der Waals surface area (Å²) >= 11 is 7.38. The van der Waals surface area contributed by atoms with Gasteiger partial charge in [-0.3, -0.25) is 10.1 Å². The predicted molar refractivity (Wildman–Crippen MR) is 122 cm³/mol. The molecule has 31 heavy (non-hydrogen) atoms. The summed E-state index contributed by atoms with van der Waals surface area (Å²) in [5.74, 6) is 0.342. The summed E-state index contributed by atoms with van der Waals surface area (Å²) in [6, 6.07) is 6.47.